The molecule has 0 saturated carbocycles. The number of phenols is 1. The van der Waals surface area contributed by atoms with Gasteiger partial charge in [0, 0.05) is 12.5 Å². The molecule has 5 heteroatoms. The minimum Gasteiger partial charge on any atom is -0.508 e. The maximum absolute atomic E-state index is 11.8. The van der Waals surface area contributed by atoms with Crippen LogP contribution in [-0.4, -0.2) is 28.1 Å². The highest BCUT2D eigenvalue weighted by Gasteiger charge is 2.19. The molecule has 110 valence electrons. The van der Waals surface area contributed by atoms with Crippen LogP contribution in [-0.2, 0) is 16.0 Å². The highest BCUT2D eigenvalue weighted by atomic mass is 16.4. The Balaban J connectivity index is 2.47. The molecule has 0 bridgehead atoms. The molecule has 1 atom stereocenters. The molecule has 1 aromatic rings. The normalized spacial score (nSPS) is 12.2. The van der Waals surface area contributed by atoms with E-state index in [-0.39, 0.29) is 36.5 Å². The molecule has 1 unspecified atom stereocenters. The first-order valence-electron chi connectivity index (χ1n) is 6.67. The van der Waals surface area contributed by atoms with E-state index >= 15 is 0 Å². The molecule has 0 aromatic heterocycles. The number of carbonyl (C=O) groups is 2. The van der Waals surface area contributed by atoms with Gasteiger partial charge in [-0.2, -0.15) is 0 Å². The third-order valence-corrected chi connectivity index (χ3v) is 3.10. The van der Waals surface area contributed by atoms with Gasteiger partial charge in [-0.25, -0.2) is 0 Å². The fourth-order valence-electron chi connectivity index (χ4n) is 1.89. The highest BCUT2D eigenvalue weighted by molar-refractivity contribution is 5.77. The van der Waals surface area contributed by atoms with Crippen molar-refractivity contribution in [2.75, 3.05) is 0 Å². The van der Waals surface area contributed by atoms with Gasteiger partial charge < -0.3 is 15.5 Å². The predicted molar refractivity (Wildman–Crippen MR) is 75.4 cm³/mol. The van der Waals surface area contributed by atoms with Gasteiger partial charge in [0.05, 0.1) is 6.42 Å². The first-order valence-corrected chi connectivity index (χ1v) is 6.67. The summed E-state index contributed by atoms with van der Waals surface area (Å²) in [4.78, 5) is 22.6. The van der Waals surface area contributed by atoms with E-state index in [9.17, 15) is 14.7 Å². The Morgan fingerprint density at radius 1 is 1.30 bits per heavy atom. The molecule has 20 heavy (non-hydrogen) atoms. The lowest BCUT2D eigenvalue weighted by molar-refractivity contribution is -0.138. The Morgan fingerprint density at radius 2 is 2.00 bits per heavy atom. The van der Waals surface area contributed by atoms with Gasteiger partial charge in [0.25, 0.3) is 0 Å². The first kappa shape index (κ1) is 16.0. The number of amides is 1. The molecule has 5 nitrogen and oxygen atoms in total. The molecule has 0 aliphatic carbocycles. The van der Waals surface area contributed by atoms with Crippen LogP contribution in [0.4, 0.5) is 0 Å². The number of aliphatic carboxylic acids is 1. The minimum atomic E-state index is -0.919. The van der Waals surface area contributed by atoms with E-state index in [1.54, 1.807) is 18.2 Å². The molecule has 3 N–H and O–H groups in total. The van der Waals surface area contributed by atoms with Crippen molar-refractivity contribution in [2.45, 2.75) is 39.2 Å². The Morgan fingerprint density at radius 3 is 2.55 bits per heavy atom. The van der Waals surface area contributed by atoms with Gasteiger partial charge in [-0.3, -0.25) is 9.59 Å². The van der Waals surface area contributed by atoms with Crippen LogP contribution >= 0.6 is 0 Å². The lowest BCUT2D eigenvalue weighted by atomic mass is 10.0. The number of rotatable bonds is 7. The fraction of sp³-hybridized carbons (Fsp3) is 0.467. The van der Waals surface area contributed by atoms with Crippen molar-refractivity contribution >= 4 is 11.9 Å². The molecule has 0 radical (unpaired) electrons. The van der Waals surface area contributed by atoms with Gasteiger partial charge in [-0.1, -0.05) is 26.0 Å². The second kappa shape index (κ2) is 7.53. The quantitative estimate of drug-likeness (QED) is 0.712. The molecule has 0 heterocycles. The summed E-state index contributed by atoms with van der Waals surface area (Å²) in [5.74, 6) is -0.852. The van der Waals surface area contributed by atoms with Crippen molar-refractivity contribution in [2.24, 2.45) is 5.92 Å². The second-order valence-corrected chi connectivity index (χ2v) is 5.19. The van der Waals surface area contributed by atoms with Gasteiger partial charge >= 0.3 is 5.97 Å². The summed E-state index contributed by atoms with van der Waals surface area (Å²) < 4.78 is 0. The third-order valence-electron chi connectivity index (χ3n) is 3.10. The summed E-state index contributed by atoms with van der Waals surface area (Å²) in [6.45, 7) is 3.76. The summed E-state index contributed by atoms with van der Waals surface area (Å²) in [6, 6.07) is 6.40. The Bertz CT molecular complexity index is 471. The van der Waals surface area contributed by atoms with Crippen LogP contribution < -0.4 is 5.32 Å². The van der Waals surface area contributed by atoms with Crippen LogP contribution in [0.1, 0.15) is 32.3 Å². The standard InChI is InChI=1S/C15H21NO4/c1-10(2)13(9-15(19)20)16-14(18)7-6-11-4-3-5-12(17)8-11/h3-5,8,10,13,17H,6-7,9H2,1-2H3,(H,16,18)(H,19,20). The van der Waals surface area contributed by atoms with Crippen molar-refractivity contribution in [1.29, 1.82) is 0 Å². The summed E-state index contributed by atoms with van der Waals surface area (Å²) in [6.07, 6.45) is 0.708. The van der Waals surface area contributed by atoms with Crippen LogP contribution in [0.3, 0.4) is 0 Å². The average Bonchev–Trinajstić information content (AvgIpc) is 2.35. The summed E-state index contributed by atoms with van der Waals surface area (Å²) in [7, 11) is 0. The van der Waals surface area contributed by atoms with E-state index in [2.05, 4.69) is 5.32 Å². The number of hydrogen-bond donors (Lipinski definition) is 3. The molecular formula is C15H21NO4. The van der Waals surface area contributed by atoms with Gasteiger partial charge in [0.15, 0.2) is 0 Å². The van der Waals surface area contributed by atoms with Gasteiger partial charge in [0.1, 0.15) is 5.75 Å². The van der Waals surface area contributed by atoms with Gasteiger partial charge in [-0.05, 0) is 30.0 Å². The topological polar surface area (TPSA) is 86.6 Å². The molecule has 1 aromatic carbocycles. The van der Waals surface area contributed by atoms with Crippen LogP contribution in [0.5, 0.6) is 5.75 Å². The number of hydrogen-bond acceptors (Lipinski definition) is 3. The van der Waals surface area contributed by atoms with Crippen molar-refractivity contribution < 1.29 is 19.8 Å². The highest BCUT2D eigenvalue weighted by Crippen LogP contribution is 2.13. The number of aryl methyl sites for hydroxylation is 1. The number of carboxylic acids is 1. The number of nitrogens with one attached hydrogen (secondary N) is 1. The molecule has 0 aliphatic rings. The van der Waals surface area contributed by atoms with E-state index in [1.807, 2.05) is 19.9 Å². The van der Waals surface area contributed by atoms with Crippen molar-refractivity contribution in [3.05, 3.63) is 29.8 Å². The fourth-order valence-corrected chi connectivity index (χ4v) is 1.89. The van der Waals surface area contributed by atoms with Crippen molar-refractivity contribution in [3.63, 3.8) is 0 Å². The van der Waals surface area contributed by atoms with Gasteiger partial charge in [0.2, 0.25) is 5.91 Å². The Hall–Kier alpha value is -2.04. The van der Waals surface area contributed by atoms with E-state index in [4.69, 9.17) is 5.11 Å². The number of benzene rings is 1. The SMILES string of the molecule is CC(C)C(CC(=O)O)NC(=O)CCc1cccc(O)c1. The summed E-state index contributed by atoms with van der Waals surface area (Å²) in [5, 5.41) is 20.9. The lowest BCUT2D eigenvalue weighted by Gasteiger charge is -2.20. The Kier molecular flexibility index (Phi) is 6.03. The van der Waals surface area contributed by atoms with Crippen LogP contribution in [0, 0.1) is 5.92 Å². The van der Waals surface area contributed by atoms with Crippen LogP contribution in [0.2, 0.25) is 0 Å². The van der Waals surface area contributed by atoms with E-state index < -0.39 is 5.97 Å². The maximum Gasteiger partial charge on any atom is 0.305 e. The maximum atomic E-state index is 11.8. The predicted octanol–water partition coefficient (Wildman–Crippen LogP) is 1.94. The largest absolute Gasteiger partial charge is 0.508 e. The number of carbonyl (C=O) groups excluding carboxylic acids is 1. The van der Waals surface area contributed by atoms with Crippen LogP contribution in [0.25, 0.3) is 0 Å². The van der Waals surface area contributed by atoms with Crippen molar-refractivity contribution in [1.82, 2.24) is 5.32 Å². The monoisotopic (exact) mass is 279 g/mol. The zero-order valence-electron chi connectivity index (χ0n) is 11.8. The third kappa shape index (κ3) is 5.73. The second-order valence-electron chi connectivity index (χ2n) is 5.19. The molecule has 0 saturated heterocycles. The number of carboxylic acid groups (broad SMARTS) is 1. The summed E-state index contributed by atoms with van der Waals surface area (Å²) >= 11 is 0. The van der Waals surface area contributed by atoms with E-state index in [1.165, 1.54) is 0 Å². The summed E-state index contributed by atoms with van der Waals surface area (Å²) in [5.41, 5.74) is 0.875. The zero-order chi connectivity index (χ0) is 15.1. The van der Waals surface area contributed by atoms with Crippen molar-refractivity contribution in [3.8, 4) is 5.75 Å². The average molecular weight is 279 g/mol. The number of phenolic OH excluding ortho intramolecular Hbond substituents is 1. The molecular weight excluding hydrogens is 258 g/mol. The lowest BCUT2D eigenvalue weighted by Crippen LogP contribution is -2.40. The smallest absolute Gasteiger partial charge is 0.305 e. The van der Waals surface area contributed by atoms with E-state index in [0.29, 0.717) is 6.42 Å². The van der Waals surface area contributed by atoms with Gasteiger partial charge in [-0.15, -0.1) is 0 Å². The molecule has 0 spiro atoms. The molecule has 0 aliphatic heterocycles. The Labute approximate surface area is 118 Å². The molecule has 1 amide bonds. The first-order chi connectivity index (χ1) is 9.38. The minimum absolute atomic E-state index is 0.0656. The molecule has 1 rings (SSSR count). The van der Waals surface area contributed by atoms with Crippen LogP contribution in [0.15, 0.2) is 24.3 Å². The zero-order valence-corrected chi connectivity index (χ0v) is 11.8. The van der Waals surface area contributed by atoms with E-state index in [0.717, 1.165) is 5.56 Å². The molecule has 0 fully saturated rings. The number of aromatic hydroxyl groups is 1.